The van der Waals surface area contributed by atoms with E-state index < -0.39 is 0 Å². The zero-order chi connectivity index (χ0) is 14.8. The normalized spacial score (nSPS) is 16.8. The number of nitrogens with zero attached hydrogens (tertiary/aromatic N) is 3. The molecule has 0 fully saturated rings. The van der Waals surface area contributed by atoms with Gasteiger partial charge in [0.2, 0.25) is 5.16 Å². The fraction of sp³-hybridized carbons (Fsp3) is 0.176. The van der Waals surface area contributed by atoms with Gasteiger partial charge in [0, 0.05) is 12.2 Å². The van der Waals surface area contributed by atoms with Crippen molar-refractivity contribution in [3.8, 4) is 0 Å². The van der Waals surface area contributed by atoms with Crippen molar-refractivity contribution in [3.05, 3.63) is 77.6 Å². The summed E-state index contributed by atoms with van der Waals surface area (Å²) in [7, 11) is 0. The lowest BCUT2D eigenvalue weighted by atomic mass is 10.1. The van der Waals surface area contributed by atoms with Crippen molar-refractivity contribution in [2.75, 3.05) is 11.2 Å². The van der Waals surface area contributed by atoms with Gasteiger partial charge in [-0.3, -0.25) is 0 Å². The van der Waals surface area contributed by atoms with Gasteiger partial charge in [-0.05, 0) is 11.1 Å². The molecule has 1 aromatic heterocycles. The number of benzene rings is 2. The fourth-order valence-electron chi connectivity index (χ4n) is 2.62. The molecule has 0 saturated heterocycles. The Morgan fingerprint density at radius 1 is 1.00 bits per heavy atom. The Morgan fingerprint density at radius 3 is 2.50 bits per heavy atom. The summed E-state index contributed by atoms with van der Waals surface area (Å²) in [5.74, 6) is 1.92. The van der Waals surface area contributed by atoms with Gasteiger partial charge in [0.1, 0.15) is 0 Å². The summed E-state index contributed by atoms with van der Waals surface area (Å²) in [4.78, 5) is 0. The van der Waals surface area contributed by atoms with Gasteiger partial charge in [0.15, 0.2) is 5.82 Å². The zero-order valence-electron chi connectivity index (χ0n) is 12.0. The van der Waals surface area contributed by atoms with E-state index >= 15 is 0 Å². The van der Waals surface area contributed by atoms with Crippen LogP contribution in [0.4, 0.5) is 0 Å². The van der Waals surface area contributed by atoms with Crippen LogP contribution in [0.3, 0.4) is 0 Å². The molecule has 0 radical (unpaired) electrons. The molecule has 0 saturated carbocycles. The van der Waals surface area contributed by atoms with Gasteiger partial charge in [-0.25, -0.2) is 4.68 Å². The fourth-order valence-corrected chi connectivity index (χ4v) is 3.59. The predicted molar refractivity (Wildman–Crippen MR) is 88.5 cm³/mol. The number of thioether (sulfide) groups is 1. The van der Waals surface area contributed by atoms with E-state index in [9.17, 15) is 0 Å². The van der Waals surface area contributed by atoms with E-state index in [0.29, 0.717) is 0 Å². The van der Waals surface area contributed by atoms with Gasteiger partial charge >= 0.3 is 0 Å². The van der Waals surface area contributed by atoms with Gasteiger partial charge in [-0.1, -0.05) is 72.4 Å². The molecule has 5 heteroatoms. The molecule has 0 aliphatic carbocycles. The van der Waals surface area contributed by atoms with Crippen molar-refractivity contribution in [2.45, 2.75) is 17.6 Å². The quantitative estimate of drug-likeness (QED) is 0.806. The van der Waals surface area contributed by atoms with E-state index in [1.807, 2.05) is 16.8 Å². The van der Waals surface area contributed by atoms with Crippen molar-refractivity contribution in [1.82, 2.24) is 14.9 Å². The van der Waals surface area contributed by atoms with Crippen LogP contribution in [0.25, 0.3) is 0 Å². The van der Waals surface area contributed by atoms with Crippen LogP contribution in [0.2, 0.25) is 0 Å². The van der Waals surface area contributed by atoms with Crippen molar-refractivity contribution in [3.63, 3.8) is 0 Å². The van der Waals surface area contributed by atoms with E-state index in [0.717, 1.165) is 23.2 Å². The number of hydrogen-bond donors (Lipinski definition) is 1. The first kappa shape index (κ1) is 13.4. The molecule has 0 bridgehead atoms. The Kier molecular flexibility index (Phi) is 3.56. The molecular weight excluding hydrogens is 292 g/mol. The predicted octanol–water partition coefficient (Wildman–Crippen LogP) is 3.26. The zero-order valence-corrected chi connectivity index (χ0v) is 12.8. The second-order valence-corrected chi connectivity index (χ2v) is 6.29. The van der Waals surface area contributed by atoms with Crippen molar-refractivity contribution >= 4 is 11.8 Å². The largest absolute Gasteiger partial charge is 0.314 e. The first-order chi connectivity index (χ1) is 10.9. The van der Waals surface area contributed by atoms with Crippen LogP contribution in [0.15, 0.2) is 65.8 Å². The SMILES string of the molecule is c1ccc(Cc2nnc3n2NC(c2ccccc2)CS3)cc1. The standard InChI is InChI=1S/C17H16N4S/c1-3-7-13(8-4-1)11-16-18-19-17-21(16)20-15(12-22-17)14-9-5-2-6-10-14/h1-10,15,20H,11-12H2. The molecule has 1 aliphatic heterocycles. The lowest BCUT2D eigenvalue weighted by Crippen LogP contribution is -2.29. The number of aromatic nitrogens is 3. The molecule has 1 unspecified atom stereocenters. The lowest BCUT2D eigenvalue weighted by molar-refractivity contribution is 0.639. The summed E-state index contributed by atoms with van der Waals surface area (Å²) < 4.78 is 2.04. The molecule has 3 aromatic rings. The summed E-state index contributed by atoms with van der Waals surface area (Å²) in [5, 5.41) is 9.59. The van der Waals surface area contributed by atoms with Crippen molar-refractivity contribution in [2.24, 2.45) is 0 Å². The number of hydrogen-bond acceptors (Lipinski definition) is 4. The molecular formula is C17H16N4S. The summed E-state index contributed by atoms with van der Waals surface area (Å²) in [6.07, 6.45) is 0.781. The van der Waals surface area contributed by atoms with Crippen LogP contribution >= 0.6 is 11.8 Å². The van der Waals surface area contributed by atoms with Crippen LogP contribution < -0.4 is 5.43 Å². The minimum atomic E-state index is 0.282. The second-order valence-electron chi connectivity index (χ2n) is 5.30. The van der Waals surface area contributed by atoms with Crippen LogP contribution in [-0.4, -0.2) is 20.6 Å². The Bertz CT molecular complexity index is 755. The minimum absolute atomic E-state index is 0.282. The number of rotatable bonds is 3. The third-order valence-corrected chi connectivity index (χ3v) is 4.79. The lowest BCUT2D eigenvalue weighted by Gasteiger charge is -2.26. The molecule has 110 valence electrons. The topological polar surface area (TPSA) is 42.7 Å². The van der Waals surface area contributed by atoms with E-state index in [-0.39, 0.29) is 6.04 Å². The molecule has 1 atom stereocenters. The van der Waals surface area contributed by atoms with Crippen LogP contribution in [-0.2, 0) is 6.42 Å². The molecule has 4 rings (SSSR count). The Balaban J connectivity index is 1.60. The maximum absolute atomic E-state index is 4.35. The first-order valence-electron chi connectivity index (χ1n) is 7.32. The maximum Gasteiger partial charge on any atom is 0.210 e. The average Bonchev–Trinajstić information content (AvgIpc) is 2.99. The molecule has 1 N–H and O–H groups in total. The van der Waals surface area contributed by atoms with E-state index in [1.54, 1.807) is 11.8 Å². The van der Waals surface area contributed by atoms with Crippen molar-refractivity contribution in [1.29, 1.82) is 0 Å². The Labute approximate surface area is 133 Å². The Morgan fingerprint density at radius 2 is 1.73 bits per heavy atom. The molecule has 0 spiro atoms. The van der Waals surface area contributed by atoms with Gasteiger partial charge in [0.25, 0.3) is 0 Å². The highest BCUT2D eigenvalue weighted by atomic mass is 32.2. The highest BCUT2D eigenvalue weighted by Gasteiger charge is 2.23. The highest BCUT2D eigenvalue weighted by Crippen LogP contribution is 2.30. The maximum atomic E-state index is 4.35. The van der Waals surface area contributed by atoms with Crippen LogP contribution in [0, 0.1) is 0 Å². The van der Waals surface area contributed by atoms with E-state index in [1.165, 1.54) is 11.1 Å². The monoisotopic (exact) mass is 308 g/mol. The van der Waals surface area contributed by atoms with E-state index in [2.05, 4.69) is 64.2 Å². The number of nitrogens with one attached hydrogen (secondary N) is 1. The summed E-state index contributed by atoms with van der Waals surface area (Å²) in [6.45, 7) is 0. The third kappa shape index (κ3) is 2.60. The molecule has 4 nitrogen and oxygen atoms in total. The highest BCUT2D eigenvalue weighted by molar-refractivity contribution is 7.99. The molecule has 22 heavy (non-hydrogen) atoms. The molecule has 1 aliphatic rings. The van der Waals surface area contributed by atoms with Gasteiger partial charge < -0.3 is 5.43 Å². The third-order valence-electron chi connectivity index (χ3n) is 3.77. The molecule has 2 aromatic carbocycles. The van der Waals surface area contributed by atoms with Gasteiger partial charge in [-0.2, -0.15) is 0 Å². The van der Waals surface area contributed by atoms with E-state index in [4.69, 9.17) is 0 Å². The van der Waals surface area contributed by atoms with Crippen LogP contribution in [0.5, 0.6) is 0 Å². The Hall–Kier alpha value is -2.27. The van der Waals surface area contributed by atoms with Gasteiger partial charge in [-0.15, -0.1) is 10.2 Å². The first-order valence-corrected chi connectivity index (χ1v) is 8.31. The summed E-state index contributed by atoms with van der Waals surface area (Å²) in [5.41, 5.74) is 6.09. The van der Waals surface area contributed by atoms with Gasteiger partial charge in [0.05, 0.1) is 6.04 Å². The molecule has 2 heterocycles. The summed E-state index contributed by atoms with van der Waals surface area (Å²) >= 11 is 1.75. The molecule has 0 amide bonds. The number of fused-ring (bicyclic) bond motifs is 1. The second kappa shape index (κ2) is 5.85. The average molecular weight is 308 g/mol. The van der Waals surface area contributed by atoms with Crippen LogP contribution in [0.1, 0.15) is 23.0 Å². The summed E-state index contributed by atoms with van der Waals surface area (Å²) in [6, 6.07) is 21.2. The smallest absolute Gasteiger partial charge is 0.210 e. The van der Waals surface area contributed by atoms with Crippen molar-refractivity contribution < 1.29 is 0 Å². The minimum Gasteiger partial charge on any atom is -0.314 e.